The minimum Gasteiger partial charge on any atom is -0.480 e. The van der Waals surface area contributed by atoms with Gasteiger partial charge in [-0.25, -0.2) is 4.79 Å². The number of esters is 1. The van der Waals surface area contributed by atoms with Crippen LogP contribution in [0.5, 0.6) is 0 Å². The number of nitrogens with one attached hydrogen (secondary N) is 2. The van der Waals surface area contributed by atoms with Crippen molar-refractivity contribution >= 4 is 46.3 Å². The molecule has 9 nitrogen and oxygen atoms in total. The van der Waals surface area contributed by atoms with Crippen LogP contribution in [0.4, 0.5) is 0 Å². The fourth-order valence-electron chi connectivity index (χ4n) is 3.32. The molecule has 0 spiro atoms. The summed E-state index contributed by atoms with van der Waals surface area (Å²) in [4.78, 5) is 49.2. The molecule has 0 saturated carbocycles. The number of carbonyl (C=O) groups is 4. The van der Waals surface area contributed by atoms with Crippen LogP contribution in [0.15, 0.2) is 24.3 Å². The second-order valence-corrected chi connectivity index (χ2v) is 10.7. The number of amides is 2. The Kier molecular flexibility index (Phi) is 13.8. The average molecular weight is 603 g/mol. The van der Waals surface area contributed by atoms with E-state index in [1.54, 1.807) is 20.8 Å². The van der Waals surface area contributed by atoms with E-state index in [2.05, 4.69) is 33.2 Å². The van der Waals surface area contributed by atoms with E-state index in [0.717, 1.165) is 9.13 Å². The predicted molar refractivity (Wildman–Crippen MR) is 142 cm³/mol. The van der Waals surface area contributed by atoms with Gasteiger partial charge in [-0.3, -0.25) is 14.4 Å². The molecule has 196 valence electrons. The normalized spacial score (nSPS) is 12.9. The molecule has 0 radical (unpaired) electrons. The maximum atomic E-state index is 12.9. The lowest BCUT2D eigenvalue weighted by Crippen LogP contribution is -2.51. The predicted octanol–water partition coefficient (Wildman–Crippen LogP) is 2.92. The average Bonchev–Trinajstić information content (AvgIpc) is 2.76. The molecule has 0 heterocycles. The Morgan fingerprint density at radius 3 is 2.20 bits per heavy atom. The third-order valence-corrected chi connectivity index (χ3v) is 5.77. The van der Waals surface area contributed by atoms with Gasteiger partial charge in [-0.1, -0.05) is 12.1 Å². The van der Waals surface area contributed by atoms with Crippen LogP contribution in [0.1, 0.15) is 71.3 Å². The van der Waals surface area contributed by atoms with Crippen molar-refractivity contribution in [3.63, 3.8) is 0 Å². The van der Waals surface area contributed by atoms with Gasteiger partial charge in [0.05, 0.1) is 0 Å². The van der Waals surface area contributed by atoms with Crippen molar-refractivity contribution in [3.8, 4) is 0 Å². The largest absolute Gasteiger partial charge is 0.480 e. The maximum absolute atomic E-state index is 12.9. The first-order chi connectivity index (χ1) is 16.4. The summed E-state index contributed by atoms with van der Waals surface area (Å²) in [5.41, 5.74) is 5.90. The minimum atomic E-state index is -1.16. The maximum Gasteiger partial charge on any atom is 0.326 e. The molecule has 35 heavy (non-hydrogen) atoms. The van der Waals surface area contributed by atoms with Crippen LogP contribution in [-0.2, 0) is 30.3 Å². The van der Waals surface area contributed by atoms with E-state index in [1.807, 2.05) is 24.3 Å². The fourth-order valence-corrected chi connectivity index (χ4v) is 3.68. The number of unbranched alkanes of at least 4 members (excludes halogenated alkanes) is 1. The molecule has 0 aliphatic heterocycles. The SMILES string of the molecule is CC(C)(C)OC(=O)CCC(NC(=O)CCCc1ccc(I)cc1)C(=O)NC(CCCCN)C(=O)O. The number of rotatable bonds is 15. The molecule has 0 saturated heterocycles. The zero-order valence-electron chi connectivity index (χ0n) is 20.8. The highest BCUT2D eigenvalue weighted by atomic mass is 127. The van der Waals surface area contributed by atoms with Gasteiger partial charge < -0.3 is 26.2 Å². The summed E-state index contributed by atoms with van der Waals surface area (Å²) < 4.78 is 6.42. The zero-order chi connectivity index (χ0) is 26.4. The van der Waals surface area contributed by atoms with Gasteiger partial charge in [0.2, 0.25) is 11.8 Å². The van der Waals surface area contributed by atoms with E-state index in [4.69, 9.17) is 10.5 Å². The number of carbonyl (C=O) groups excluding carboxylic acids is 3. The van der Waals surface area contributed by atoms with Crippen molar-refractivity contribution in [2.24, 2.45) is 5.73 Å². The van der Waals surface area contributed by atoms with Crippen LogP contribution in [0.3, 0.4) is 0 Å². The molecule has 0 aliphatic rings. The molecular formula is C25H38IN3O6. The van der Waals surface area contributed by atoms with Crippen molar-refractivity contribution in [2.45, 2.75) is 89.8 Å². The van der Waals surface area contributed by atoms with Crippen molar-refractivity contribution in [1.82, 2.24) is 10.6 Å². The second kappa shape index (κ2) is 15.7. The number of aryl methyl sites for hydroxylation is 1. The van der Waals surface area contributed by atoms with Crippen molar-refractivity contribution in [2.75, 3.05) is 6.54 Å². The van der Waals surface area contributed by atoms with Crippen LogP contribution in [0.2, 0.25) is 0 Å². The van der Waals surface area contributed by atoms with Gasteiger partial charge in [-0.15, -0.1) is 0 Å². The first kappa shape index (κ1) is 30.8. The molecule has 10 heteroatoms. The molecule has 0 aromatic heterocycles. The fraction of sp³-hybridized carbons (Fsp3) is 0.600. The number of halogens is 1. The molecule has 2 atom stereocenters. The van der Waals surface area contributed by atoms with Crippen molar-refractivity contribution in [3.05, 3.63) is 33.4 Å². The first-order valence-electron chi connectivity index (χ1n) is 11.9. The number of hydrogen-bond donors (Lipinski definition) is 4. The Hall–Kier alpha value is -2.21. The first-order valence-corrected chi connectivity index (χ1v) is 13.0. The third kappa shape index (κ3) is 14.1. The second-order valence-electron chi connectivity index (χ2n) is 9.41. The number of aliphatic carboxylic acids is 1. The Bertz CT molecular complexity index is 839. The summed E-state index contributed by atoms with van der Waals surface area (Å²) >= 11 is 2.23. The van der Waals surface area contributed by atoms with Gasteiger partial charge in [-0.2, -0.15) is 0 Å². The van der Waals surface area contributed by atoms with Gasteiger partial charge >= 0.3 is 11.9 Å². The quantitative estimate of drug-likeness (QED) is 0.137. The standard InChI is InChI=1S/C25H38IN3O6/c1-25(2,3)35-22(31)15-14-19(23(32)29-20(24(33)34)8-4-5-16-27)28-21(30)9-6-7-17-10-12-18(26)13-11-17/h10-13,19-20H,4-9,14-16,27H2,1-3H3,(H,28,30)(H,29,32)(H,33,34). The summed E-state index contributed by atoms with van der Waals surface area (Å²) in [6, 6.07) is 5.86. The summed E-state index contributed by atoms with van der Waals surface area (Å²) in [6.45, 7) is 5.65. The molecule has 5 N–H and O–H groups in total. The van der Waals surface area contributed by atoms with Gasteiger partial charge in [0.25, 0.3) is 0 Å². The number of hydrogen-bond acceptors (Lipinski definition) is 6. The summed E-state index contributed by atoms with van der Waals surface area (Å²) in [5, 5.41) is 14.6. The number of nitrogens with two attached hydrogens (primary N) is 1. The molecule has 1 rings (SSSR count). The highest BCUT2D eigenvalue weighted by molar-refractivity contribution is 14.1. The minimum absolute atomic E-state index is 0.00124. The number of carboxylic acid groups (broad SMARTS) is 1. The Balaban J connectivity index is 2.75. The topological polar surface area (TPSA) is 148 Å². The van der Waals surface area contributed by atoms with Gasteiger partial charge in [0.15, 0.2) is 0 Å². The van der Waals surface area contributed by atoms with Crippen LogP contribution < -0.4 is 16.4 Å². The van der Waals surface area contributed by atoms with Crippen LogP contribution in [-0.4, -0.2) is 53.1 Å². The number of ether oxygens (including phenoxy) is 1. The number of carboxylic acids is 1. The summed E-state index contributed by atoms with van der Waals surface area (Å²) in [5.74, 6) is -2.64. The highest BCUT2D eigenvalue weighted by Crippen LogP contribution is 2.12. The Labute approximate surface area is 221 Å². The molecule has 0 bridgehead atoms. The Morgan fingerprint density at radius 2 is 1.63 bits per heavy atom. The van der Waals surface area contributed by atoms with E-state index < -0.39 is 35.5 Å². The molecule has 0 fully saturated rings. The van der Waals surface area contributed by atoms with Gasteiger partial charge in [0.1, 0.15) is 17.7 Å². The van der Waals surface area contributed by atoms with E-state index in [0.29, 0.717) is 32.2 Å². The van der Waals surface area contributed by atoms with Crippen LogP contribution in [0.25, 0.3) is 0 Å². The van der Waals surface area contributed by atoms with Gasteiger partial charge in [0, 0.05) is 16.4 Å². The molecule has 2 unspecified atom stereocenters. The monoisotopic (exact) mass is 603 g/mol. The van der Waals surface area contributed by atoms with E-state index in [1.165, 1.54) is 0 Å². The van der Waals surface area contributed by atoms with Crippen LogP contribution >= 0.6 is 22.6 Å². The molecular weight excluding hydrogens is 565 g/mol. The lowest BCUT2D eigenvalue weighted by atomic mass is 10.1. The smallest absolute Gasteiger partial charge is 0.326 e. The highest BCUT2D eigenvalue weighted by Gasteiger charge is 2.27. The van der Waals surface area contributed by atoms with E-state index in [-0.39, 0.29) is 31.6 Å². The van der Waals surface area contributed by atoms with E-state index >= 15 is 0 Å². The molecule has 1 aromatic rings. The van der Waals surface area contributed by atoms with Crippen LogP contribution in [0, 0.1) is 3.57 Å². The Morgan fingerprint density at radius 1 is 0.971 bits per heavy atom. The van der Waals surface area contributed by atoms with Crippen molar-refractivity contribution in [1.29, 1.82) is 0 Å². The summed E-state index contributed by atoms with van der Waals surface area (Å²) in [7, 11) is 0. The third-order valence-electron chi connectivity index (χ3n) is 5.05. The lowest BCUT2D eigenvalue weighted by molar-refractivity contribution is -0.155. The van der Waals surface area contributed by atoms with Crippen molar-refractivity contribution < 1.29 is 29.0 Å². The lowest BCUT2D eigenvalue weighted by Gasteiger charge is -2.23. The zero-order valence-corrected chi connectivity index (χ0v) is 22.9. The molecule has 2 amide bonds. The number of benzene rings is 1. The summed E-state index contributed by atoms with van der Waals surface area (Å²) in [6.07, 6.45) is 2.80. The van der Waals surface area contributed by atoms with Gasteiger partial charge in [-0.05, 0) is 106 Å². The molecule has 0 aliphatic carbocycles. The molecule has 1 aromatic carbocycles. The van der Waals surface area contributed by atoms with E-state index in [9.17, 15) is 24.3 Å².